The van der Waals surface area contributed by atoms with Crippen LogP contribution in [-0.4, -0.2) is 80.1 Å². The quantitative estimate of drug-likeness (QED) is 0.132. The topological polar surface area (TPSA) is 181 Å². The predicted molar refractivity (Wildman–Crippen MR) is 147 cm³/mol. The number of amides is 5. The Morgan fingerprint density at radius 2 is 1.65 bits per heavy atom. The van der Waals surface area contributed by atoms with Crippen molar-refractivity contribution >= 4 is 35.7 Å². The Bertz CT molecular complexity index is 921. The summed E-state index contributed by atoms with van der Waals surface area (Å²) in [6.07, 6.45) is 3.87. The van der Waals surface area contributed by atoms with E-state index in [1.54, 1.807) is 27.7 Å². The molecule has 1 aliphatic heterocycles. The van der Waals surface area contributed by atoms with Crippen molar-refractivity contribution in [3.05, 3.63) is 12.2 Å². The van der Waals surface area contributed by atoms with Crippen molar-refractivity contribution in [3.63, 3.8) is 0 Å². The molecule has 1 aliphatic rings. The molecule has 226 valence electrons. The zero-order valence-corrected chi connectivity index (χ0v) is 24.3. The fourth-order valence-electron chi connectivity index (χ4n) is 4.09. The van der Waals surface area contributed by atoms with Gasteiger partial charge >= 0.3 is 18.0 Å². The smallest absolute Gasteiger partial charge is 0.330 e. The molecule has 0 bridgehead atoms. The van der Waals surface area contributed by atoms with Crippen LogP contribution in [0.4, 0.5) is 4.79 Å². The second kappa shape index (κ2) is 17.9. The molecule has 40 heavy (non-hydrogen) atoms. The van der Waals surface area contributed by atoms with Crippen molar-refractivity contribution in [2.24, 2.45) is 17.8 Å². The molecule has 5 amide bonds. The molecule has 13 heteroatoms. The van der Waals surface area contributed by atoms with Crippen molar-refractivity contribution in [2.45, 2.75) is 78.9 Å². The number of hydrogen-bond donors (Lipinski definition) is 5. The van der Waals surface area contributed by atoms with E-state index in [9.17, 15) is 28.8 Å². The lowest BCUT2D eigenvalue weighted by atomic mass is 9.96. The van der Waals surface area contributed by atoms with Crippen molar-refractivity contribution in [3.8, 4) is 0 Å². The SMILES string of the molecule is CCOC(=O)/C=C/[C@H](C[C@@H]1CCNC1=O)NC(=O)[C@H](CC(C)C)NC(=O)[C@@H](NC(=O)NCC(=O)OCC)C(C)C. The summed E-state index contributed by atoms with van der Waals surface area (Å²) in [5.41, 5.74) is 0. The highest BCUT2D eigenvalue weighted by atomic mass is 16.5. The van der Waals surface area contributed by atoms with Crippen LogP contribution < -0.4 is 26.6 Å². The fraction of sp³-hybridized carbons (Fsp3) is 0.704. The second-order valence-corrected chi connectivity index (χ2v) is 10.3. The molecular formula is C27H45N5O8. The Morgan fingerprint density at radius 1 is 0.975 bits per heavy atom. The Labute approximate surface area is 235 Å². The molecule has 0 aliphatic carbocycles. The number of esters is 2. The van der Waals surface area contributed by atoms with E-state index in [0.717, 1.165) is 0 Å². The summed E-state index contributed by atoms with van der Waals surface area (Å²) in [6, 6.07) is -3.34. The van der Waals surface area contributed by atoms with Crippen molar-refractivity contribution < 1.29 is 38.2 Å². The fourth-order valence-corrected chi connectivity index (χ4v) is 4.09. The minimum Gasteiger partial charge on any atom is -0.465 e. The van der Waals surface area contributed by atoms with E-state index in [1.807, 2.05) is 13.8 Å². The van der Waals surface area contributed by atoms with Crippen molar-refractivity contribution in [2.75, 3.05) is 26.3 Å². The first-order chi connectivity index (χ1) is 18.9. The molecule has 1 heterocycles. The van der Waals surface area contributed by atoms with Crippen LogP contribution in [0.2, 0.25) is 0 Å². The first-order valence-corrected chi connectivity index (χ1v) is 13.8. The van der Waals surface area contributed by atoms with E-state index < -0.39 is 47.9 Å². The maximum absolute atomic E-state index is 13.4. The number of rotatable bonds is 16. The number of nitrogens with one attached hydrogen (secondary N) is 5. The summed E-state index contributed by atoms with van der Waals surface area (Å²) in [5.74, 6) is -3.01. The number of hydrogen-bond acceptors (Lipinski definition) is 8. The molecule has 0 spiro atoms. The average Bonchev–Trinajstić information content (AvgIpc) is 3.27. The van der Waals surface area contributed by atoms with Gasteiger partial charge in [0.1, 0.15) is 18.6 Å². The molecule has 5 N–H and O–H groups in total. The molecule has 0 aromatic heterocycles. The summed E-state index contributed by atoms with van der Waals surface area (Å²) >= 11 is 0. The number of carbonyl (C=O) groups is 6. The van der Waals surface area contributed by atoms with Gasteiger partial charge in [-0.3, -0.25) is 19.2 Å². The highest BCUT2D eigenvalue weighted by Crippen LogP contribution is 2.17. The third-order valence-electron chi connectivity index (χ3n) is 6.05. The molecule has 13 nitrogen and oxygen atoms in total. The van der Waals surface area contributed by atoms with Crippen LogP contribution in [0.15, 0.2) is 12.2 Å². The van der Waals surface area contributed by atoms with E-state index in [1.165, 1.54) is 12.2 Å². The van der Waals surface area contributed by atoms with Gasteiger partial charge in [-0.25, -0.2) is 9.59 Å². The largest absolute Gasteiger partial charge is 0.465 e. The van der Waals surface area contributed by atoms with Crippen LogP contribution >= 0.6 is 0 Å². The van der Waals surface area contributed by atoms with Gasteiger partial charge < -0.3 is 36.1 Å². The molecule has 0 radical (unpaired) electrons. The Balaban J connectivity index is 2.98. The van der Waals surface area contributed by atoms with Crippen LogP contribution in [0.5, 0.6) is 0 Å². The number of ether oxygens (including phenoxy) is 2. The highest BCUT2D eigenvalue weighted by Gasteiger charge is 2.32. The summed E-state index contributed by atoms with van der Waals surface area (Å²) < 4.78 is 9.70. The maximum Gasteiger partial charge on any atom is 0.330 e. The maximum atomic E-state index is 13.4. The summed E-state index contributed by atoms with van der Waals surface area (Å²) in [4.78, 5) is 74.4. The van der Waals surface area contributed by atoms with Gasteiger partial charge in [-0.2, -0.15) is 0 Å². The summed E-state index contributed by atoms with van der Waals surface area (Å²) in [6.45, 7) is 11.1. The zero-order valence-electron chi connectivity index (χ0n) is 24.3. The Hall–Kier alpha value is -3.64. The molecule has 0 aromatic carbocycles. The number of urea groups is 1. The molecule has 1 rings (SSSR count). The zero-order chi connectivity index (χ0) is 30.2. The predicted octanol–water partition coefficient (Wildman–Crippen LogP) is 0.535. The Morgan fingerprint density at radius 3 is 2.20 bits per heavy atom. The molecular weight excluding hydrogens is 522 g/mol. The first kappa shape index (κ1) is 34.4. The van der Waals surface area contributed by atoms with Crippen molar-refractivity contribution in [1.82, 2.24) is 26.6 Å². The van der Waals surface area contributed by atoms with Crippen molar-refractivity contribution in [1.29, 1.82) is 0 Å². The summed E-state index contributed by atoms with van der Waals surface area (Å²) in [5, 5.41) is 13.2. The minimum atomic E-state index is -0.994. The molecule has 1 saturated heterocycles. The van der Waals surface area contributed by atoms with E-state index in [2.05, 4.69) is 26.6 Å². The van der Waals surface area contributed by atoms with Crippen LogP contribution in [-0.2, 0) is 33.4 Å². The van der Waals surface area contributed by atoms with Crippen LogP contribution in [0, 0.1) is 17.8 Å². The lowest BCUT2D eigenvalue weighted by Crippen LogP contribution is -2.57. The third-order valence-corrected chi connectivity index (χ3v) is 6.05. The minimum absolute atomic E-state index is 0.0310. The second-order valence-electron chi connectivity index (χ2n) is 10.3. The van der Waals surface area contributed by atoms with Gasteiger partial charge in [-0.1, -0.05) is 33.8 Å². The van der Waals surface area contributed by atoms with Crippen LogP contribution in [0.1, 0.15) is 60.8 Å². The van der Waals surface area contributed by atoms with Crippen LogP contribution in [0.25, 0.3) is 0 Å². The van der Waals surface area contributed by atoms with Gasteiger partial charge in [0.05, 0.1) is 13.2 Å². The summed E-state index contributed by atoms with van der Waals surface area (Å²) in [7, 11) is 0. The van der Waals surface area contributed by atoms with Gasteiger partial charge in [-0.05, 0) is 44.9 Å². The van der Waals surface area contributed by atoms with Gasteiger partial charge in [0.2, 0.25) is 17.7 Å². The third kappa shape index (κ3) is 12.9. The molecule has 0 saturated carbocycles. The van der Waals surface area contributed by atoms with Gasteiger partial charge in [0.25, 0.3) is 0 Å². The highest BCUT2D eigenvalue weighted by molar-refractivity contribution is 5.92. The van der Waals surface area contributed by atoms with E-state index >= 15 is 0 Å². The molecule has 1 fully saturated rings. The lowest BCUT2D eigenvalue weighted by molar-refractivity contribution is -0.142. The lowest BCUT2D eigenvalue weighted by Gasteiger charge is -2.27. The van der Waals surface area contributed by atoms with E-state index in [4.69, 9.17) is 9.47 Å². The number of carbonyl (C=O) groups excluding carboxylic acids is 6. The van der Waals surface area contributed by atoms with Gasteiger partial charge in [0, 0.05) is 24.6 Å². The first-order valence-electron chi connectivity index (χ1n) is 13.8. The van der Waals surface area contributed by atoms with Gasteiger partial charge in [-0.15, -0.1) is 0 Å². The monoisotopic (exact) mass is 567 g/mol. The van der Waals surface area contributed by atoms with E-state index in [-0.39, 0.29) is 49.8 Å². The van der Waals surface area contributed by atoms with E-state index in [0.29, 0.717) is 19.4 Å². The van der Waals surface area contributed by atoms with Crippen LogP contribution in [0.3, 0.4) is 0 Å². The molecule has 0 unspecified atom stereocenters. The standard InChI is InChI=1S/C27H45N5O8/c1-7-39-21(33)10-9-19(14-18-11-12-28-24(18)35)30-25(36)20(13-16(3)4)31-26(37)23(17(5)6)32-27(38)29-15-22(34)40-8-2/h9-10,16-20,23H,7-8,11-15H2,1-6H3,(H,28,35)(H,30,36)(H,31,37)(H2,29,32,38)/b10-9+/t18-,19+,20-,23-/m0/s1. The molecule has 4 atom stereocenters. The molecule has 0 aromatic rings. The van der Waals surface area contributed by atoms with Gasteiger partial charge in [0.15, 0.2) is 0 Å². The average molecular weight is 568 g/mol. The normalized spacial score (nSPS) is 17.1. The Kier molecular flexibility index (Phi) is 15.3.